The average Bonchev–Trinajstić information content (AvgIpc) is 2.93. The Morgan fingerprint density at radius 2 is 1.65 bits per heavy atom. The van der Waals surface area contributed by atoms with E-state index in [0.29, 0.717) is 18.1 Å². The molecule has 1 atom stereocenters. The highest BCUT2D eigenvalue weighted by Gasteiger charge is 2.24. The van der Waals surface area contributed by atoms with E-state index in [-0.39, 0.29) is 0 Å². The molecule has 2 aromatic rings. The SMILES string of the molecule is O=C1CCC(c2ccccc2/C=C/c2ccccc2)C1. The highest BCUT2D eigenvalue weighted by molar-refractivity contribution is 5.82. The fourth-order valence-corrected chi connectivity index (χ4v) is 2.86. The van der Waals surface area contributed by atoms with Gasteiger partial charge in [-0.2, -0.15) is 0 Å². The lowest BCUT2D eigenvalue weighted by Gasteiger charge is -2.12. The maximum Gasteiger partial charge on any atom is 0.133 e. The van der Waals surface area contributed by atoms with Gasteiger partial charge in [0.2, 0.25) is 0 Å². The zero-order valence-electron chi connectivity index (χ0n) is 11.5. The summed E-state index contributed by atoms with van der Waals surface area (Å²) in [4.78, 5) is 11.5. The minimum atomic E-state index is 0.400. The van der Waals surface area contributed by atoms with Crippen molar-refractivity contribution in [2.45, 2.75) is 25.2 Å². The van der Waals surface area contributed by atoms with Crippen LogP contribution >= 0.6 is 0 Å². The summed E-state index contributed by atoms with van der Waals surface area (Å²) < 4.78 is 0. The summed E-state index contributed by atoms with van der Waals surface area (Å²) in [5, 5.41) is 0. The van der Waals surface area contributed by atoms with E-state index in [4.69, 9.17) is 0 Å². The number of benzene rings is 2. The Morgan fingerprint density at radius 1 is 0.900 bits per heavy atom. The molecule has 3 rings (SSSR count). The highest BCUT2D eigenvalue weighted by Crippen LogP contribution is 2.34. The number of rotatable bonds is 3. The monoisotopic (exact) mass is 262 g/mol. The topological polar surface area (TPSA) is 17.1 Å². The Hall–Kier alpha value is -2.15. The van der Waals surface area contributed by atoms with Crippen molar-refractivity contribution in [1.82, 2.24) is 0 Å². The average molecular weight is 262 g/mol. The van der Waals surface area contributed by atoms with Crippen LogP contribution in [-0.4, -0.2) is 5.78 Å². The molecule has 20 heavy (non-hydrogen) atoms. The predicted octanol–water partition coefficient (Wildman–Crippen LogP) is 4.69. The lowest BCUT2D eigenvalue weighted by atomic mass is 9.92. The van der Waals surface area contributed by atoms with Crippen LogP contribution in [0.25, 0.3) is 12.2 Å². The van der Waals surface area contributed by atoms with Crippen molar-refractivity contribution in [1.29, 1.82) is 0 Å². The van der Waals surface area contributed by atoms with Crippen LogP contribution in [-0.2, 0) is 4.79 Å². The molecular weight excluding hydrogens is 244 g/mol. The van der Waals surface area contributed by atoms with Crippen molar-refractivity contribution in [2.24, 2.45) is 0 Å². The van der Waals surface area contributed by atoms with E-state index < -0.39 is 0 Å². The van der Waals surface area contributed by atoms with Gasteiger partial charge in [-0.25, -0.2) is 0 Å². The zero-order chi connectivity index (χ0) is 13.8. The first-order chi connectivity index (χ1) is 9.83. The molecule has 1 nitrogen and oxygen atoms in total. The Kier molecular flexibility index (Phi) is 3.78. The van der Waals surface area contributed by atoms with E-state index in [9.17, 15) is 4.79 Å². The second kappa shape index (κ2) is 5.87. The normalized spacial score (nSPS) is 18.8. The van der Waals surface area contributed by atoms with Crippen LogP contribution in [0.2, 0.25) is 0 Å². The van der Waals surface area contributed by atoms with Crippen LogP contribution in [0.1, 0.15) is 41.9 Å². The fourth-order valence-electron chi connectivity index (χ4n) is 2.86. The van der Waals surface area contributed by atoms with Crippen molar-refractivity contribution >= 4 is 17.9 Å². The third-order valence-corrected chi connectivity index (χ3v) is 3.94. The molecule has 1 heteroatoms. The first-order valence-electron chi connectivity index (χ1n) is 7.17. The lowest BCUT2D eigenvalue weighted by Crippen LogP contribution is -1.96. The van der Waals surface area contributed by atoms with Crippen LogP contribution in [0, 0.1) is 0 Å². The molecule has 0 N–H and O–H groups in total. The van der Waals surface area contributed by atoms with Crippen molar-refractivity contribution in [3.63, 3.8) is 0 Å². The number of Topliss-reactive ketones (excluding diaryl/α,β-unsaturated/α-hetero) is 1. The molecule has 0 saturated heterocycles. The Morgan fingerprint density at radius 3 is 2.40 bits per heavy atom. The molecule has 1 aliphatic carbocycles. The third kappa shape index (κ3) is 2.88. The fraction of sp³-hybridized carbons (Fsp3) is 0.211. The highest BCUT2D eigenvalue weighted by atomic mass is 16.1. The van der Waals surface area contributed by atoms with Gasteiger partial charge in [0.25, 0.3) is 0 Å². The summed E-state index contributed by atoms with van der Waals surface area (Å²) in [6, 6.07) is 18.7. The quantitative estimate of drug-likeness (QED) is 0.733. The standard InChI is InChI=1S/C19H18O/c20-18-13-12-17(14-18)19-9-5-4-8-16(19)11-10-15-6-2-1-3-7-15/h1-11,17H,12-14H2/b11-10+. The Labute approximate surface area is 120 Å². The number of hydrogen-bond donors (Lipinski definition) is 0. The molecule has 1 saturated carbocycles. The van der Waals surface area contributed by atoms with E-state index >= 15 is 0 Å². The predicted molar refractivity (Wildman–Crippen MR) is 83.4 cm³/mol. The van der Waals surface area contributed by atoms with Crippen molar-refractivity contribution < 1.29 is 4.79 Å². The first kappa shape index (κ1) is 12.9. The van der Waals surface area contributed by atoms with Gasteiger partial charge in [-0.3, -0.25) is 4.79 Å². The maximum absolute atomic E-state index is 11.5. The summed E-state index contributed by atoms with van der Waals surface area (Å²) in [5.41, 5.74) is 3.74. The molecule has 0 spiro atoms. The van der Waals surface area contributed by atoms with E-state index in [1.54, 1.807) is 0 Å². The van der Waals surface area contributed by atoms with Gasteiger partial charge in [-0.1, -0.05) is 66.7 Å². The lowest BCUT2D eigenvalue weighted by molar-refractivity contribution is -0.117. The molecule has 0 radical (unpaired) electrons. The summed E-state index contributed by atoms with van der Waals surface area (Å²) in [6.45, 7) is 0. The number of carbonyl (C=O) groups excluding carboxylic acids is 1. The van der Waals surface area contributed by atoms with Crippen LogP contribution in [0.4, 0.5) is 0 Å². The molecule has 0 bridgehead atoms. The Balaban J connectivity index is 1.86. The number of ketones is 1. The van der Waals surface area contributed by atoms with Crippen LogP contribution in [0.5, 0.6) is 0 Å². The molecule has 1 fully saturated rings. The maximum atomic E-state index is 11.5. The van der Waals surface area contributed by atoms with Gasteiger partial charge in [0, 0.05) is 12.8 Å². The summed E-state index contributed by atoms with van der Waals surface area (Å²) in [7, 11) is 0. The summed E-state index contributed by atoms with van der Waals surface area (Å²) >= 11 is 0. The van der Waals surface area contributed by atoms with Gasteiger partial charge in [0.15, 0.2) is 0 Å². The Bertz CT molecular complexity index is 625. The van der Waals surface area contributed by atoms with Crippen LogP contribution in [0.15, 0.2) is 54.6 Å². The minimum Gasteiger partial charge on any atom is -0.300 e. The molecule has 2 aromatic carbocycles. The van der Waals surface area contributed by atoms with E-state index in [2.05, 4.69) is 48.6 Å². The van der Waals surface area contributed by atoms with Gasteiger partial charge in [-0.15, -0.1) is 0 Å². The summed E-state index contributed by atoms with van der Waals surface area (Å²) in [6.07, 6.45) is 6.73. The largest absolute Gasteiger partial charge is 0.300 e. The molecule has 1 unspecified atom stereocenters. The third-order valence-electron chi connectivity index (χ3n) is 3.94. The smallest absolute Gasteiger partial charge is 0.133 e. The van der Waals surface area contributed by atoms with Crippen LogP contribution in [0.3, 0.4) is 0 Å². The zero-order valence-corrected chi connectivity index (χ0v) is 11.5. The molecule has 0 aliphatic heterocycles. The van der Waals surface area contributed by atoms with Gasteiger partial charge in [0.05, 0.1) is 0 Å². The van der Waals surface area contributed by atoms with E-state index in [0.717, 1.165) is 12.8 Å². The minimum absolute atomic E-state index is 0.400. The second-order valence-corrected chi connectivity index (χ2v) is 5.35. The van der Waals surface area contributed by atoms with E-state index in [1.807, 2.05) is 18.2 Å². The second-order valence-electron chi connectivity index (χ2n) is 5.35. The number of hydrogen-bond acceptors (Lipinski definition) is 1. The molecule has 100 valence electrons. The first-order valence-corrected chi connectivity index (χ1v) is 7.17. The molecule has 0 aromatic heterocycles. The molecule has 0 heterocycles. The van der Waals surface area contributed by atoms with Gasteiger partial charge in [0.1, 0.15) is 5.78 Å². The van der Waals surface area contributed by atoms with E-state index in [1.165, 1.54) is 16.7 Å². The van der Waals surface area contributed by atoms with Crippen molar-refractivity contribution in [2.75, 3.05) is 0 Å². The van der Waals surface area contributed by atoms with Gasteiger partial charge >= 0.3 is 0 Å². The van der Waals surface area contributed by atoms with Crippen molar-refractivity contribution in [3.05, 3.63) is 71.3 Å². The molecule has 1 aliphatic rings. The molecule has 0 amide bonds. The van der Waals surface area contributed by atoms with Gasteiger partial charge < -0.3 is 0 Å². The van der Waals surface area contributed by atoms with Gasteiger partial charge in [-0.05, 0) is 29.0 Å². The summed E-state index contributed by atoms with van der Waals surface area (Å²) in [5.74, 6) is 0.802. The van der Waals surface area contributed by atoms with Crippen molar-refractivity contribution in [3.8, 4) is 0 Å². The number of carbonyl (C=O) groups is 1. The van der Waals surface area contributed by atoms with Crippen LogP contribution < -0.4 is 0 Å². The molecular formula is C19H18O.